The number of anilines is 1. The molecule has 0 radical (unpaired) electrons. The molecule has 1 heterocycles. The van der Waals surface area contributed by atoms with Crippen molar-refractivity contribution >= 4 is 11.6 Å². The van der Waals surface area contributed by atoms with Crippen LogP contribution in [0.3, 0.4) is 0 Å². The van der Waals surface area contributed by atoms with Crippen LogP contribution in [0, 0.1) is 23.0 Å². The summed E-state index contributed by atoms with van der Waals surface area (Å²) in [7, 11) is 0. The molecule has 0 atom stereocenters. The average molecular weight is 340 g/mol. The van der Waals surface area contributed by atoms with E-state index >= 15 is 0 Å². The maximum Gasteiger partial charge on any atom is 0.275 e. The SMILES string of the molecule is N#Cc1cc(NC(=O)c2cnc(OCC(F)F)cn2)c(F)cc1F. The van der Waals surface area contributed by atoms with Crippen molar-refractivity contribution in [2.24, 2.45) is 0 Å². The predicted octanol–water partition coefficient (Wildman–Crippen LogP) is 2.52. The third-order valence-corrected chi connectivity index (χ3v) is 2.64. The van der Waals surface area contributed by atoms with Crippen molar-refractivity contribution in [1.29, 1.82) is 5.26 Å². The highest BCUT2D eigenvalue weighted by molar-refractivity contribution is 6.02. The van der Waals surface area contributed by atoms with Crippen molar-refractivity contribution in [3.05, 3.63) is 47.4 Å². The third-order valence-electron chi connectivity index (χ3n) is 2.64. The first-order valence-electron chi connectivity index (χ1n) is 6.34. The summed E-state index contributed by atoms with van der Waals surface area (Å²) in [6.07, 6.45) is -0.813. The molecule has 0 aliphatic heterocycles. The van der Waals surface area contributed by atoms with Gasteiger partial charge in [-0.15, -0.1) is 0 Å². The molecule has 0 aliphatic carbocycles. The number of hydrogen-bond donors (Lipinski definition) is 1. The summed E-state index contributed by atoms with van der Waals surface area (Å²) in [5.41, 5.74) is -1.13. The Hall–Kier alpha value is -3.22. The Kier molecular flexibility index (Phi) is 5.26. The Balaban J connectivity index is 2.11. The van der Waals surface area contributed by atoms with E-state index in [1.165, 1.54) is 6.07 Å². The van der Waals surface area contributed by atoms with E-state index in [4.69, 9.17) is 5.26 Å². The Bertz CT molecular complexity index is 791. The van der Waals surface area contributed by atoms with E-state index in [0.717, 1.165) is 18.5 Å². The maximum atomic E-state index is 13.6. The van der Waals surface area contributed by atoms with Crippen LogP contribution in [0.1, 0.15) is 16.1 Å². The van der Waals surface area contributed by atoms with Crippen molar-refractivity contribution in [2.75, 3.05) is 11.9 Å². The van der Waals surface area contributed by atoms with Gasteiger partial charge >= 0.3 is 0 Å². The number of nitrogens with one attached hydrogen (secondary N) is 1. The van der Waals surface area contributed by atoms with Crippen LogP contribution in [0.4, 0.5) is 23.2 Å². The number of hydrogen-bond acceptors (Lipinski definition) is 5. The fourth-order valence-electron chi connectivity index (χ4n) is 1.57. The number of nitrogens with zero attached hydrogens (tertiary/aromatic N) is 3. The van der Waals surface area contributed by atoms with Crippen LogP contribution in [0.5, 0.6) is 5.88 Å². The van der Waals surface area contributed by atoms with Gasteiger partial charge in [-0.25, -0.2) is 27.5 Å². The van der Waals surface area contributed by atoms with Crippen LogP contribution >= 0.6 is 0 Å². The van der Waals surface area contributed by atoms with E-state index in [2.05, 4.69) is 20.0 Å². The van der Waals surface area contributed by atoms with Gasteiger partial charge in [-0.2, -0.15) is 5.26 Å². The summed E-state index contributed by atoms with van der Waals surface area (Å²) in [6, 6.07) is 2.80. The van der Waals surface area contributed by atoms with Gasteiger partial charge in [0.15, 0.2) is 6.61 Å². The van der Waals surface area contributed by atoms with E-state index in [-0.39, 0.29) is 11.6 Å². The second-order valence-corrected chi connectivity index (χ2v) is 4.32. The van der Waals surface area contributed by atoms with Gasteiger partial charge in [0, 0.05) is 6.07 Å². The largest absolute Gasteiger partial charge is 0.470 e. The Morgan fingerprint density at radius 1 is 1.25 bits per heavy atom. The average Bonchev–Trinajstić information content (AvgIpc) is 2.55. The van der Waals surface area contributed by atoms with Crippen LogP contribution in [0.2, 0.25) is 0 Å². The topological polar surface area (TPSA) is 87.9 Å². The molecule has 24 heavy (non-hydrogen) atoms. The summed E-state index contributed by atoms with van der Waals surface area (Å²) in [6.45, 7) is -0.877. The van der Waals surface area contributed by atoms with Crippen molar-refractivity contribution in [3.8, 4) is 11.9 Å². The lowest BCUT2D eigenvalue weighted by Gasteiger charge is -2.07. The van der Waals surface area contributed by atoms with Crippen LogP contribution < -0.4 is 10.1 Å². The molecule has 1 aromatic carbocycles. The number of ether oxygens (including phenoxy) is 1. The minimum atomic E-state index is -2.69. The maximum absolute atomic E-state index is 13.6. The standard InChI is InChI=1S/C14H8F4N4O2/c15-8-2-9(16)10(1-7(8)3-19)22-14(23)11-4-21-13(5-20-11)24-6-12(17)18/h1-2,4-5,12H,6H2,(H,22,23). The molecule has 0 saturated heterocycles. The molecule has 0 bridgehead atoms. The summed E-state index contributed by atoms with van der Waals surface area (Å²) in [5, 5.41) is 10.8. The molecule has 0 saturated carbocycles. The number of rotatable bonds is 5. The van der Waals surface area contributed by atoms with Crippen LogP contribution in [-0.2, 0) is 0 Å². The number of benzene rings is 1. The summed E-state index contributed by atoms with van der Waals surface area (Å²) in [4.78, 5) is 19.1. The Morgan fingerprint density at radius 3 is 2.58 bits per heavy atom. The zero-order valence-electron chi connectivity index (χ0n) is 11.8. The zero-order chi connectivity index (χ0) is 17.7. The first-order valence-corrected chi connectivity index (χ1v) is 6.34. The van der Waals surface area contributed by atoms with Gasteiger partial charge in [0.1, 0.15) is 23.4 Å². The molecule has 124 valence electrons. The Labute approximate surface area is 132 Å². The molecule has 1 N–H and O–H groups in total. The normalized spacial score (nSPS) is 10.3. The summed E-state index contributed by atoms with van der Waals surface area (Å²) < 4.78 is 55.3. The minimum Gasteiger partial charge on any atom is -0.470 e. The van der Waals surface area contributed by atoms with Gasteiger partial charge < -0.3 is 10.1 Å². The van der Waals surface area contributed by atoms with Gasteiger partial charge in [-0.05, 0) is 6.07 Å². The van der Waals surface area contributed by atoms with Gasteiger partial charge in [-0.3, -0.25) is 4.79 Å². The van der Waals surface area contributed by atoms with Crippen LogP contribution in [0.25, 0.3) is 0 Å². The molecule has 0 unspecified atom stereocenters. The molecular formula is C14H8F4N4O2. The van der Waals surface area contributed by atoms with E-state index in [9.17, 15) is 22.4 Å². The van der Waals surface area contributed by atoms with Gasteiger partial charge in [0.05, 0.1) is 23.6 Å². The van der Waals surface area contributed by atoms with Crippen LogP contribution in [0.15, 0.2) is 24.5 Å². The van der Waals surface area contributed by atoms with Crippen molar-refractivity contribution in [2.45, 2.75) is 6.43 Å². The molecule has 6 nitrogen and oxygen atoms in total. The fraction of sp³-hybridized carbons (Fsp3) is 0.143. The number of nitriles is 1. The van der Waals surface area contributed by atoms with Gasteiger partial charge in [-0.1, -0.05) is 0 Å². The molecule has 1 aromatic heterocycles. The number of aromatic nitrogens is 2. The summed E-state index contributed by atoms with van der Waals surface area (Å²) >= 11 is 0. The lowest BCUT2D eigenvalue weighted by Crippen LogP contribution is -2.16. The number of amides is 1. The molecule has 1 amide bonds. The van der Waals surface area contributed by atoms with E-state index in [0.29, 0.717) is 6.07 Å². The van der Waals surface area contributed by atoms with E-state index in [1.807, 2.05) is 0 Å². The molecule has 2 rings (SSSR count). The van der Waals surface area contributed by atoms with E-state index in [1.54, 1.807) is 0 Å². The van der Waals surface area contributed by atoms with E-state index < -0.39 is 41.8 Å². The predicted molar refractivity (Wildman–Crippen MR) is 72.6 cm³/mol. The molecule has 0 fully saturated rings. The molecule has 10 heteroatoms. The smallest absolute Gasteiger partial charge is 0.275 e. The highest BCUT2D eigenvalue weighted by Crippen LogP contribution is 2.19. The highest BCUT2D eigenvalue weighted by Gasteiger charge is 2.15. The van der Waals surface area contributed by atoms with Gasteiger partial charge in [0.25, 0.3) is 12.3 Å². The first kappa shape index (κ1) is 17.1. The number of halogens is 4. The highest BCUT2D eigenvalue weighted by atomic mass is 19.3. The first-order chi connectivity index (χ1) is 11.4. The summed E-state index contributed by atoms with van der Waals surface area (Å²) in [5.74, 6) is -3.25. The second-order valence-electron chi connectivity index (χ2n) is 4.32. The second kappa shape index (κ2) is 7.36. The molecular weight excluding hydrogens is 332 g/mol. The lowest BCUT2D eigenvalue weighted by atomic mass is 10.2. The number of alkyl halides is 2. The number of carbonyl (C=O) groups excluding carboxylic acids is 1. The van der Waals surface area contributed by atoms with Crippen molar-refractivity contribution in [3.63, 3.8) is 0 Å². The van der Waals surface area contributed by atoms with Gasteiger partial charge in [0.2, 0.25) is 5.88 Å². The molecule has 0 aliphatic rings. The quantitative estimate of drug-likeness (QED) is 0.845. The minimum absolute atomic E-state index is 0.216. The van der Waals surface area contributed by atoms with Crippen LogP contribution in [-0.4, -0.2) is 28.9 Å². The Morgan fingerprint density at radius 2 is 2.00 bits per heavy atom. The number of carbonyl (C=O) groups is 1. The lowest BCUT2D eigenvalue weighted by molar-refractivity contribution is 0.0792. The van der Waals surface area contributed by atoms with Crippen molar-refractivity contribution in [1.82, 2.24) is 9.97 Å². The zero-order valence-corrected chi connectivity index (χ0v) is 11.8. The molecule has 0 spiro atoms. The molecule has 2 aromatic rings. The van der Waals surface area contributed by atoms with Crippen molar-refractivity contribution < 1.29 is 27.1 Å². The third kappa shape index (κ3) is 4.16. The fourth-order valence-corrected chi connectivity index (χ4v) is 1.57. The monoisotopic (exact) mass is 340 g/mol.